The van der Waals surface area contributed by atoms with Crippen molar-refractivity contribution in [2.24, 2.45) is 0 Å². The summed E-state index contributed by atoms with van der Waals surface area (Å²) < 4.78 is 12.0. The number of amides is 2. The SMILES string of the molecule is CC.CNC(C)C(=O)NC(C(=O)N1CC(O)CC1Cc1cn(C(=O)C2CCC(=O)O2)c2ncccc12)C(C)OC. The van der Waals surface area contributed by atoms with E-state index < -0.39 is 36.4 Å². The molecule has 220 valence electrons. The predicted molar refractivity (Wildman–Crippen MR) is 148 cm³/mol. The standard InChI is InChI=1S/C26H35N5O7.C2H6/c1-14(27-3)24(34)29-22(15(2)37-4)26(36)30-13-18(32)11-17(30)10-16-12-31(23-19(16)6-5-9-28-23)25(35)20-7-8-21(33)38-20;1-2/h5-6,9,12,14-15,17-18,20,22,27,32H,7-8,10-11,13H2,1-4H3,(H,29,34);1-2H3. The Morgan fingerprint density at radius 1 is 1.27 bits per heavy atom. The molecule has 2 aliphatic rings. The van der Waals surface area contributed by atoms with Crippen LogP contribution in [0.25, 0.3) is 11.0 Å². The van der Waals surface area contributed by atoms with Gasteiger partial charge in [0.15, 0.2) is 6.10 Å². The number of nitrogens with one attached hydrogen (secondary N) is 2. The van der Waals surface area contributed by atoms with Gasteiger partial charge in [-0.2, -0.15) is 0 Å². The second-order valence-electron chi connectivity index (χ2n) is 9.93. The lowest BCUT2D eigenvalue weighted by Crippen LogP contribution is -2.58. The predicted octanol–water partition coefficient (Wildman–Crippen LogP) is 1.04. The van der Waals surface area contributed by atoms with E-state index >= 15 is 0 Å². The Morgan fingerprint density at radius 3 is 2.62 bits per heavy atom. The Hall–Kier alpha value is -3.35. The number of aliphatic hydroxyl groups is 1. The second-order valence-corrected chi connectivity index (χ2v) is 9.93. The number of carbonyl (C=O) groups is 4. The fraction of sp³-hybridized carbons (Fsp3) is 0.607. The van der Waals surface area contributed by atoms with Crippen LogP contribution >= 0.6 is 0 Å². The van der Waals surface area contributed by atoms with Crippen LogP contribution in [0.4, 0.5) is 0 Å². The van der Waals surface area contributed by atoms with Gasteiger partial charge in [0, 0.05) is 50.3 Å². The van der Waals surface area contributed by atoms with E-state index in [1.165, 1.54) is 11.7 Å². The number of β-amino-alcohol motifs (C(OH)–C–C–N with tert-alkyl or cyclic N) is 1. The van der Waals surface area contributed by atoms with Crippen LogP contribution in [0.5, 0.6) is 0 Å². The number of esters is 1. The molecule has 2 aliphatic heterocycles. The Morgan fingerprint density at radius 2 is 2.00 bits per heavy atom. The van der Waals surface area contributed by atoms with Gasteiger partial charge in [-0.15, -0.1) is 0 Å². The van der Waals surface area contributed by atoms with Crippen LogP contribution in [0, 0.1) is 0 Å². The highest BCUT2D eigenvalue weighted by Crippen LogP contribution is 2.29. The van der Waals surface area contributed by atoms with Gasteiger partial charge in [-0.1, -0.05) is 13.8 Å². The molecule has 0 bridgehead atoms. The zero-order chi connectivity index (χ0) is 29.6. The molecule has 40 heavy (non-hydrogen) atoms. The maximum Gasteiger partial charge on any atom is 0.306 e. The van der Waals surface area contributed by atoms with Gasteiger partial charge in [0.2, 0.25) is 11.8 Å². The lowest BCUT2D eigenvalue weighted by molar-refractivity contribution is -0.141. The molecule has 0 aliphatic carbocycles. The molecule has 12 nitrogen and oxygen atoms in total. The first kappa shape index (κ1) is 31.2. The number of aromatic nitrogens is 2. The van der Waals surface area contributed by atoms with Crippen molar-refractivity contribution < 1.29 is 33.8 Å². The quantitative estimate of drug-likeness (QED) is 0.383. The Bertz CT molecular complexity index is 1210. The third kappa shape index (κ3) is 6.68. The molecule has 0 saturated carbocycles. The molecule has 4 heterocycles. The number of rotatable bonds is 9. The minimum absolute atomic E-state index is 0.113. The fourth-order valence-electron chi connectivity index (χ4n) is 5.02. The number of ether oxygens (including phenoxy) is 2. The molecule has 12 heteroatoms. The number of fused-ring (bicyclic) bond motifs is 1. The summed E-state index contributed by atoms with van der Waals surface area (Å²) >= 11 is 0. The normalized spacial score (nSPS) is 22.7. The number of likely N-dealkylation sites (N-methyl/N-ethyl adjacent to an activating group) is 1. The van der Waals surface area contributed by atoms with Gasteiger partial charge in [0.25, 0.3) is 5.91 Å². The summed E-state index contributed by atoms with van der Waals surface area (Å²) in [6, 6.07) is 1.76. The van der Waals surface area contributed by atoms with Crippen molar-refractivity contribution >= 4 is 34.7 Å². The number of carbonyl (C=O) groups excluding carboxylic acids is 4. The first-order valence-corrected chi connectivity index (χ1v) is 13.8. The zero-order valence-corrected chi connectivity index (χ0v) is 24.0. The number of hydrogen-bond acceptors (Lipinski definition) is 9. The van der Waals surface area contributed by atoms with Crippen molar-refractivity contribution in [3.63, 3.8) is 0 Å². The van der Waals surface area contributed by atoms with E-state index in [1.54, 1.807) is 44.3 Å². The van der Waals surface area contributed by atoms with Gasteiger partial charge in [0.05, 0.1) is 18.2 Å². The highest BCUT2D eigenvalue weighted by Gasteiger charge is 2.41. The summed E-state index contributed by atoms with van der Waals surface area (Å²) in [7, 11) is 3.12. The lowest BCUT2D eigenvalue weighted by atomic mass is 10.0. The molecule has 2 fully saturated rings. The highest BCUT2D eigenvalue weighted by atomic mass is 16.6. The molecule has 0 radical (unpaired) electrons. The van der Waals surface area contributed by atoms with Crippen LogP contribution in [0.1, 0.15) is 57.3 Å². The highest BCUT2D eigenvalue weighted by molar-refractivity contribution is 5.96. The molecule has 3 N–H and O–H groups in total. The van der Waals surface area contributed by atoms with Gasteiger partial charge < -0.3 is 30.1 Å². The van der Waals surface area contributed by atoms with Gasteiger partial charge in [-0.25, -0.2) is 4.98 Å². The maximum absolute atomic E-state index is 13.7. The Balaban J connectivity index is 0.00000216. The maximum atomic E-state index is 13.7. The van der Waals surface area contributed by atoms with Crippen molar-refractivity contribution in [3.05, 3.63) is 30.1 Å². The summed E-state index contributed by atoms with van der Waals surface area (Å²) in [5, 5.41) is 16.9. The van der Waals surface area contributed by atoms with Crippen molar-refractivity contribution in [2.75, 3.05) is 20.7 Å². The summed E-state index contributed by atoms with van der Waals surface area (Å²) in [5.74, 6) is -1.47. The molecule has 0 spiro atoms. The van der Waals surface area contributed by atoms with Crippen molar-refractivity contribution in [2.45, 2.75) is 89.8 Å². The molecule has 6 unspecified atom stereocenters. The van der Waals surface area contributed by atoms with Crippen LogP contribution < -0.4 is 10.6 Å². The van der Waals surface area contributed by atoms with Gasteiger partial charge >= 0.3 is 5.97 Å². The van der Waals surface area contributed by atoms with E-state index in [2.05, 4.69) is 15.6 Å². The minimum Gasteiger partial charge on any atom is -0.452 e. The van der Waals surface area contributed by atoms with Crippen LogP contribution in [0.3, 0.4) is 0 Å². The smallest absolute Gasteiger partial charge is 0.306 e. The van der Waals surface area contributed by atoms with E-state index in [-0.39, 0.29) is 36.7 Å². The number of nitrogens with zero attached hydrogens (tertiary/aromatic N) is 3. The van der Waals surface area contributed by atoms with Crippen LogP contribution in [-0.2, 0) is 30.3 Å². The molecular formula is C28H41N5O7. The summed E-state index contributed by atoms with van der Waals surface area (Å²) in [6.07, 6.45) is 2.24. The fourth-order valence-corrected chi connectivity index (χ4v) is 5.02. The van der Waals surface area contributed by atoms with Crippen LogP contribution in [0.15, 0.2) is 24.5 Å². The lowest BCUT2D eigenvalue weighted by Gasteiger charge is -2.32. The van der Waals surface area contributed by atoms with Crippen molar-refractivity contribution in [1.82, 2.24) is 25.1 Å². The molecule has 6 atom stereocenters. The number of cyclic esters (lactones) is 1. The van der Waals surface area contributed by atoms with Crippen LogP contribution in [-0.4, -0.2) is 100 Å². The molecule has 2 amide bonds. The third-order valence-corrected chi connectivity index (χ3v) is 7.41. The molecular weight excluding hydrogens is 518 g/mol. The van der Waals surface area contributed by atoms with E-state index in [0.29, 0.717) is 24.9 Å². The monoisotopic (exact) mass is 559 g/mol. The van der Waals surface area contributed by atoms with Gasteiger partial charge in [0.1, 0.15) is 11.7 Å². The van der Waals surface area contributed by atoms with E-state index in [4.69, 9.17) is 9.47 Å². The number of aliphatic hydroxyl groups excluding tert-OH is 1. The van der Waals surface area contributed by atoms with Crippen molar-refractivity contribution in [3.8, 4) is 0 Å². The number of hydrogen-bond donors (Lipinski definition) is 3. The Labute approximate surface area is 234 Å². The second kappa shape index (κ2) is 13.8. The number of methoxy groups -OCH3 is 1. The largest absolute Gasteiger partial charge is 0.452 e. The van der Waals surface area contributed by atoms with Crippen LogP contribution in [0.2, 0.25) is 0 Å². The molecule has 4 rings (SSSR count). The van der Waals surface area contributed by atoms with Gasteiger partial charge in [-0.3, -0.25) is 23.7 Å². The Kier molecular flexibility index (Phi) is 10.8. The topological polar surface area (TPSA) is 152 Å². The third-order valence-electron chi connectivity index (χ3n) is 7.41. The van der Waals surface area contributed by atoms with Gasteiger partial charge in [-0.05, 0) is 51.4 Å². The number of likely N-dealkylation sites (tertiary alicyclic amines) is 1. The molecule has 2 aromatic rings. The summed E-state index contributed by atoms with van der Waals surface area (Å²) in [4.78, 5) is 56.9. The zero-order valence-electron chi connectivity index (χ0n) is 24.0. The first-order chi connectivity index (χ1) is 19.1. The van der Waals surface area contributed by atoms with E-state index in [0.717, 1.165) is 10.9 Å². The summed E-state index contributed by atoms with van der Waals surface area (Å²) in [6.45, 7) is 7.51. The number of pyridine rings is 1. The molecule has 2 saturated heterocycles. The van der Waals surface area contributed by atoms with Crippen molar-refractivity contribution in [1.29, 1.82) is 0 Å². The summed E-state index contributed by atoms with van der Waals surface area (Å²) in [5.41, 5.74) is 1.21. The average Bonchev–Trinajstić information content (AvgIpc) is 3.68. The first-order valence-electron chi connectivity index (χ1n) is 13.8. The molecule has 2 aromatic heterocycles. The van der Waals surface area contributed by atoms with E-state index in [1.807, 2.05) is 19.9 Å². The average molecular weight is 560 g/mol. The minimum atomic E-state index is -0.947. The van der Waals surface area contributed by atoms with E-state index in [9.17, 15) is 24.3 Å². The molecule has 0 aromatic carbocycles.